The molecule has 3 heterocycles. The van der Waals surface area contributed by atoms with Crippen LogP contribution in [0.2, 0.25) is 0 Å². The van der Waals surface area contributed by atoms with Crippen LogP contribution in [0.3, 0.4) is 0 Å². The number of hydrogen-bond acceptors (Lipinski definition) is 6. The molecule has 0 unspecified atom stereocenters. The lowest BCUT2D eigenvalue weighted by molar-refractivity contribution is 0.0325. The Bertz CT molecular complexity index is 1070. The Balaban J connectivity index is 1.59. The predicted molar refractivity (Wildman–Crippen MR) is 139 cm³/mol. The molecule has 1 fully saturated rings. The van der Waals surface area contributed by atoms with Crippen LogP contribution in [0.15, 0.2) is 36.8 Å². The molecule has 2 aromatic rings. The molecule has 0 spiro atoms. The quantitative estimate of drug-likeness (QED) is 0.622. The van der Waals surface area contributed by atoms with Gasteiger partial charge in [0.25, 0.3) is 5.91 Å². The normalized spacial score (nSPS) is 21.6. The number of pyridine rings is 2. The summed E-state index contributed by atoms with van der Waals surface area (Å²) < 4.78 is 6.42. The van der Waals surface area contributed by atoms with Gasteiger partial charge in [0.15, 0.2) is 0 Å². The van der Waals surface area contributed by atoms with Gasteiger partial charge in [-0.3, -0.25) is 14.7 Å². The molecule has 192 valence electrons. The second-order valence-electron chi connectivity index (χ2n) is 10.4. The highest BCUT2D eigenvalue weighted by Gasteiger charge is 2.34. The highest BCUT2D eigenvalue weighted by molar-refractivity contribution is 5.97. The number of hydrogen-bond donors (Lipinski definition) is 1. The molecule has 4 rings (SSSR count). The SMILES string of the molecule is C[C@H]1CN([C@@H](C)CO)C(=O)c2cc(C#CC3CCCCC3)cnc2O[C@@H]1CN(C)Cc1ccncc1. The number of rotatable bonds is 6. The summed E-state index contributed by atoms with van der Waals surface area (Å²) in [4.78, 5) is 26.2. The molecule has 7 nitrogen and oxygen atoms in total. The smallest absolute Gasteiger partial charge is 0.259 e. The molecule has 2 aromatic heterocycles. The van der Waals surface area contributed by atoms with Crippen LogP contribution in [0.25, 0.3) is 0 Å². The van der Waals surface area contributed by atoms with Crippen molar-refractivity contribution in [3.8, 4) is 17.7 Å². The number of ether oxygens (including phenoxy) is 1. The number of fused-ring (bicyclic) bond motifs is 1. The minimum atomic E-state index is -0.307. The van der Waals surface area contributed by atoms with Crippen molar-refractivity contribution >= 4 is 5.91 Å². The molecule has 0 saturated heterocycles. The first-order valence-electron chi connectivity index (χ1n) is 13.1. The third-order valence-electron chi connectivity index (χ3n) is 7.24. The number of aromatic nitrogens is 2. The van der Waals surface area contributed by atoms with E-state index in [1.54, 1.807) is 23.5 Å². The van der Waals surface area contributed by atoms with E-state index in [4.69, 9.17) is 4.74 Å². The summed E-state index contributed by atoms with van der Waals surface area (Å²) in [6.07, 6.45) is 11.2. The number of nitrogens with zero attached hydrogens (tertiary/aromatic N) is 4. The number of amides is 1. The number of carbonyl (C=O) groups is 1. The summed E-state index contributed by atoms with van der Waals surface area (Å²) in [5.74, 6) is 7.28. The van der Waals surface area contributed by atoms with E-state index >= 15 is 0 Å². The molecule has 1 N–H and O–H groups in total. The zero-order chi connectivity index (χ0) is 25.5. The average molecular weight is 491 g/mol. The van der Waals surface area contributed by atoms with Crippen molar-refractivity contribution < 1.29 is 14.6 Å². The van der Waals surface area contributed by atoms with Crippen LogP contribution in [0, 0.1) is 23.7 Å². The minimum absolute atomic E-state index is 0.0450. The van der Waals surface area contributed by atoms with E-state index in [2.05, 4.69) is 40.7 Å². The fourth-order valence-electron chi connectivity index (χ4n) is 4.99. The Hall–Kier alpha value is -2.95. The average Bonchev–Trinajstić information content (AvgIpc) is 2.90. The summed E-state index contributed by atoms with van der Waals surface area (Å²) in [7, 11) is 2.06. The maximum absolute atomic E-state index is 13.6. The second-order valence-corrected chi connectivity index (χ2v) is 10.4. The second kappa shape index (κ2) is 12.3. The van der Waals surface area contributed by atoms with E-state index in [-0.39, 0.29) is 30.6 Å². The summed E-state index contributed by atoms with van der Waals surface area (Å²) in [6.45, 7) is 5.79. The van der Waals surface area contributed by atoms with Gasteiger partial charge in [0.05, 0.1) is 12.6 Å². The van der Waals surface area contributed by atoms with Crippen LogP contribution in [-0.2, 0) is 6.54 Å². The van der Waals surface area contributed by atoms with E-state index in [0.717, 1.165) is 24.9 Å². The molecule has 1 saturated carbocycles. The van der Waals surface area contributed by atoms with Crippen molar-refractivity contribution in [1.29, 1.82) is 0 Å². The first-order valence-corrected chi connectivity index (χ1v) is 13.1. The molecule has 0 bridgehead atoms. The van der Waals surface area contributed by atoms with Crippen LogP contribution < -0.4 is 4.74 Å². The molecule has 2 aliphatic rings. The molecule has 36 heavy (non-hydrogen) atoms. The monoisotopic (exact) mass is 490 g/mol. The van der Waals surface area contributed by atoms with Crippen LogP contribution in [0.4, 0.5) is 0 Å². The summed E-state index contributed by atoms with van der Waals surface area (Å²) >= 11 is 0. The third-order valence-corrected chi connectivity index (χ3v) is 7.24. The fourth-order valence-corrected chi connectivity index (χ4v) is 4.99. The van der Waals surface area contributed by atoms with Gasteiger partial charge in [0.2, 0.25) is 5.88 Å². The molecular formula is C29H38N4O3. The van der Waals surface area contributed by atoms with E-state index in [1.807, 2.05) is 25.1 Å². The third kappa shape index (κ3) is 6.63. The molecule has 7 heteroatoms. The largest absolute Gasteiger partial charge is 0.472 e. The van der Waals surface area contributed by atoms with Crippen molar-refractivity contribution in [2.45, 2.75) is 64.6 Å². The Kier molecular flexibility index (Phi) is 8.95. The van der Waals surface area contributed by atoms with Crippen molar-refractivity contribution in [3.63, 3.8) is 0 Å². The van der Waals surface area contributed by atoms with Gasteiger partial charge in [-0.05, 0) is 50.6 Å². The fraction of sp³-hybridized carbons (Fsp3) is 0.552. The first kappa shape index (κ1) is 26.1. The van der Waals surface area contributed by atoms with E-state index < -0.39 is 0 Å². The van der Waals surface area contributed by atoms with Crippen LogP contribution >= 0.6 is 0 Å². The molecule has 0 aromatic carbocycles. The van der Waals surface area contributed by atoms with Crippen LogP contribution in [-0.4, -0.2) is 69.7 Å². The van der Waals surface area contributed by atoms with Gasteiger partial charge in [0.1, 0.15) is 11.7 Å². The lowest BCUT2D eigenvalue weighted by Gasteiger charge is -2.37. The highest BCUT2D eigenvalue weighted by atomic mass is 16.5. The van der Waals surface area contributed by atoms with E-state index in [9.17, 15) is 9.90 Å². The zero-order valence-electron chi connectivity index (χ0n) is 21.7. The first-order chi connectivity index (χ1) is 17.4. The molecule has 1 amide bonds. The van der Waals surface area contributed by atoms with Crippen LogP contribution in [0.1, 0.15) is 67.4 Å². The van der Waals surface area contributed by atoms with Gasteiger partial charge >= 0.3 is 0 Å². The lowest BCUT2D eigenvalue weighted by atomic mass is 9.90. The lowest BCUT2D eigenvalue weighted by Crippen LogP contribution is -2.49. The minimum Gasteiger partial charge on any atom is -0.472 e. The van der Waals surface area contributed by atoms with Crippen molar-refractivity contribution in [1.82, 2.24) is 19.8 Å². The topological polar surface area (TPSA) is 78.8 Å². The van der Waals surface area contributed by atoms with Crippen molar-refractivity contribution in [2.75, 3.05) is 26.7 Å². The van der Waals surface area contributed by atoms with Gasteiger partial charge < -0.3 is 14.7 Å². The van der Waals surface area contributed by atoms with Gasteiger partial charge in [-0.1, -0.05) is 38.0 Å². The Labute approximate surface area is 214 Å². The standard InChI is InChI=1S/C29H38N4O3/c1-21-17-33(22(2)20-34)29(35)26-15-25(10-9-23-7-5-4-6-8-23)16-31-28(26)36-27(21)19-32(3)18-24-11-13-30-14-12-24/h11-16,21-23,27,34H,4-8,17-20H2,1-3H3/t21-,22-,27+/m0/s1. The molecular weight excluding hydrogens is 452 g/mol. The molecule has 3 atom stereocenters. The van der Waals surface area contributed by atoms with Gasteiger partial charge in [-0.15, -0.1) is 0 Å². The number of aliphatic hydroxyl groups is 1. The number of carbonyl (C=O) groups excluding carboxylic acids is 1. The Morgan fingerprint density at radius 2 is 2.00 bits per heavy atom. The summed E-state index contributed by atoms with van der Waals surface area (Å²) in [5, 5.41) is 9.88. The zero-order valence-corrected chi connectivity index (χ0v) is 21.7. The van der Waals surface area contributed by atoms with Gasteiger partial charge in [-0.25, -0.2) is 4.98 Å². The number of likely N-dealkylation sites (N-methyl/N-ethyl adjacent to an activating group) is 1. The van der Waals surface area contributed by atoms with Crippen molar-refractivity contribution in [3.05, 3.63) is 53.5 Å². The maximum atomic E-state index is 13.6. The van der Waals surface area contributed by atoms with Gasteiger partial charge in [0, 0.05) is 55.6 Å². The molecule has 1 aliphatic carbocycles. The van der Waals surface area contributed by atoms with Gasteiger partial charge in [-0.2, -0.15) is 0 Å². The predicted octanol–water partition coefficient (Wildman–Crippen LogP) is 3.76. The number of aliphatic hydroxyl groups excluding tert-OH is 1. The molecule has 0 radical (unpaired) electrons. The Morgan fingerprint density at radius 1 is 1.25 bits per heavy atom. The maximum Gasteiger partial charge on any atom is 0.259 e. The summed E-state index contributed by atoms with van der Waals surface area (Å²) in [6, 6.07) is 5.52. The summed E-state index contributed by atoms with van der Waals surface area (Å²) in [5.41, 5.74) is 2.32. The van der Waals surface area contributed by atoms with E-state index in [1.165, 1.54) is 24.8 Å². The van der Waals surface area contributed by atoms with Crippen molar-refractivity contribution in [2.24, 2.45) is 11.8 Å². The van der Waals surface area contributed by atoms with E-state index in [0.29, 0.717) is 30.5 Å². The molecule has 1 aliphatic heterocycles. The van der Waals surface area contributed by atoms with Crippen LogP contribution in [0.5, 0.6) is 5.88 Å². The highest BCUT2D eigenvalue weighted by Crippen LogP contribution is 2.28. The Morgan fingerprint density at radius 3 is 2.72 bits per heavy atom.